The van der Waals surface area contributed by atoms with Gasteiger partial charge < -0.3 is 0 Å². The van der Waals surface area contributed by atoms with Crippen molar-refractivity contribution in [3.8, 4) is 56.3 Å². The maximum Gasteiger partial charge on any atom is 0.160 e. The molecule has 3 nitrogen and oxygen atoms in total. The second-order valence-electron chi connectivity index (χ2n) is 15.1. The minimum atomic E-state index is -0.467. The van der Waals surface area contributed by atoms with E-state index < -0.39 is 5.41 Å². The largest absolute Gasteiger partial charge is 0.247 e. The van der Waals surface area contributed by atoms with Gasteiger partial charge in [-0.25, -0.2) is 15.0 Å². The van der Waals surface area contributed by atoms with Crippen LogP contribution in [0.2, 0.25) is 0 Å². The molecule has 0 fully saturated rings. The first kappa shape index (κ1) is 33.0. The molecule has 0 atom stereocenters. The molecule has 8 aromatic carbocycles. The smallest absolute Gasteiger partial charge is 0.160 e. The standard InChI is InChI=1S/C54H33N3S/c1-4-16-34(17-5-1)47-33-48(57-53(56-47)36-20-8-3-9-21-36)37-28-29-39-40-31-41-38-22-10-11-23-43(38)54(44-24-12-14-26-50(44)58-51-27-15-13-25-45(51)54)46(41)32-42(40)52(55-49(39)30-37)35-18-6-2-7-19-35/h1-33H. The van der Waals surface area contributed by atoms with E-state index in [2.05, 4.69) is 176 Å². The van der Waals surface area contributed by atoms with Crippen LogP contribution < -0.4 is 0 Å². The quantitative estimate of drug-likeness (QED) is 0.168. The summed E-state index contributed by atoms with van der Waals surface area (Å²) in [6.45, 7) is 0. The van der Waals surface area contributed by atoms with Gasteiger partial charge in [-0.15, -0.1) is 0 Å². The highest BCUT2D eigenvalue weighted by Gasteiger charge is 2.50. The third-order valence-corrected chi connectivity index (χ3v) is 13.1. The molecule has 0 bridgehead atoms. The Labute approximate surface area is 340 Å². The lowest BCUT2D eigenvalue weighted by atomic mass is 9.67. The molecule has 4 heteroatoms. The van der Waals surface area contributed by atoms with Gasteiger partial charge in [-0.3, -0.25) is 0 Å². The van der Waals surface area contributed by atoms with Crippen LogP contribution in [-0.2, 0) is 5.41 Å². The first-order valence-electron chi connectivity index (χ1n) is 19.7. The highest BCUT2D eigenvalue weighted by Crippen LogP contribution is 2.62. The zero-order chi connectivity index (χ0) is 38.2. The number of nitrogens with zero attached hydrogens (tertiary/aromatic N) is 3. The van der Waals surface area contributed by atoms with Crippen LogP contribution in [-0.4, -0.2) is 15.0 Å². The highest BCUT2D eigenvalue weighted by molar-refractivity contribution is 7.99. The van der Waals surface area contributed by atoms with Crippen LogP contribution in [0.4, 0.5) is 0 Å². The minimum absolute atomic E-state index is 0.467. The number of hydrogen-bond donors (Lipinski definition) is 0. The molecule has 12 rings (SSSR count). The SMILES string of the molecule is c1ccc(-c2cc(-c3ccc4c(c3)nc(-c3ccccc3)c3cc5c(cc34)-c3ccccc3C53c4ccccc4Sc4ccccc43)nc(-c3ccccc3)n2)cc1. The molecular formula is C54H33N3S. The van der Waals surface area contributed by atoms with Crippen molar-refractivity contribution < 1.29 is 0 Å². The van der Waals surface area contributed by atoms with Crippen molar-refractivity contribution in [3.05, 3.63) is 222 Å². The summed E-state index contributed by atoms with van der Waals surface area (Å²) >= 11 is 1.88. The molecule has 0 saturated carbocycles. The number of rotatable bonds is 4. The molecule has 0 unspecified atom stereocenters. The molecule has 2 aliphatic rings. The average Bonchev–Trinajstić information content (AvgIpc) is 3.58. The normalized spacial score (nSPS) is 13.2. The maximum absolute atomic E-state index is 5.57. The summed E-state index contributed by atoms with van der Waals surface area (Å²) in [5.41, 5.74) is 15.1. The summed E-state index contributed by atoms with van der Waals surface area (Å²) in [4.78, 5) is 18.4. The molecule has 3 heterocycles. The van der Waals surface area contributed by atoms with Gasteiger partial charge in [0, 0.05) is 42.8 Å². The third kappa shape index (κ3) is 4.92. The van der Waals surface area contributed by atoms with Crippen molar-refractivity contribution in [2.24, 2.45) is 0 Å². The number of aromatic nitrogens is 3. The predicted molar refractivity (Wildman–Crippen MR) is 238 cm³/mol. The monoisotopic (exact) mass is 755 g/mol. The number of fused-ring (bicyclic) bond motifs is 12. The Hall–Kier alpha value is -7.14. The number of hydrogen-bond acceptors (Lipinski definition) is 4. The Kier molecular flexibility index (Phi) is 7.38. The molecule has 0 N–H and O–H groups in total. The van der Waals surface area contributed by atoms with E-state index in [1.807, 2.05) is 36.0 Å². The second kappa shape index (κ2) is 13.0. The molecule has 1 aliphatic heterocycles. The van der Waals surface area contributed by atoms with Crippen molar-refractivity contribution in [1.82, 2.24) is 15.0 Å². The van der Waals surface area contributed by atoms with Crippen LogP contribution in [0, 0.1) is 0 Å². The van der Waals surface area contributed by atoms with Crippen LogP contribution in [0.25, 0.3) is 78.0 Å². The molecule has 10 aromatic rings. The molecule has 270 valence electrons. The maximum atomic E-state index is 5.57. The van der Waals surface area contributed by atoms with E-state index in [0.717, 1.165) is 55.6 Å². The zero-order valence-corrected chi connectivity index (χ0v) is 32.1. The molecule has 0 amide bonds. The van der Waals surface area contributed by atoms with Crippen LogP contribution in [0.5, 0.6) is 0 Å². The number of benzene rings is 8. The van der Waals surface area contributed by atoms with E-state index in [9.17, 15) is 0 Å². The van der Waals surface area contributed by atoms with E-state index in [1.54, 1.807) is 0 Å². The first-order valence-corrected chi connectivity index (χ1v) is 20.5. The topological polar surface area (TPSA) is 38.7 Å². The summed E-state index contributed by atoms with van der Waals surface area (Å²) in [5.74, 6) is 0.695. The van der Waals surface area contributed by atoms with Crippen molar-refractivity contribution in [1.29, 1.82) is 0 Å². The fourth-order valence-corrected chi connectivity index (χ4v) is 10.6. The van der Waals surface area contributed by atoms with Gasteiger partial charge in [0.05, 0.1) is 28.0 Å². The number of pyridine rings is 1. The summed E-state index contributed by atoms with van der Waals surface area (Å²) in [6, 6.07) is 71.9. The molecule has 0 radical (unpaired) electrons. The van der Waals surface area contributed by atoms with Gasteiger partial charge in [-0.1, -0.05) is 176 Å². The molecule has 58 heavy (non-hydrogen) atoms. The fraction of sp³-hybridized carbons (Fsp3) is 0.0185. The Morgan fingerprint density at radius 3 is 1.60 bits per heavy atom. The van der Waals surface area contributed by atoms with E-state index in [-0.39, 0.29) is 0 Å². The molecule has 1 spiro atoms. The average molecular weight is 756 g/mol. The fourth-order valence-electron chi connectivity index (χ4n) is 9.39. The molecule has 1 aliphatic carbocycles. The van der Waals surface area contributed by atoms with Gasteiger partial charge >= 0.3 is 0 Å². The summed E-state index contributed by atoms with van der Waals surface area (Å²) in [7, 11) is 0. The van der Waals surface area contributed by atoms with E-state index >= 15 is 0 Å². The van der Waals surface area contributed by atoms with E-state index in [4.69, 9.17) is 15.0 Å². The van der Waals surface area contributed by atoms with Gasteiger partial charge in [0.1, 0.15) is 0 Å². The van der Waals surface area contributed by atoms with Gasteiger partial charge in [0.25, 0.3) is 0 Å². The summed E-state index contributed by atoms with van der Waals surface area (Å²) < 4.78 is 0. The van der Waals surface area contributed by atoms with Crippen molar-refractivity contribution >= 4 is 33.4 Å². The van der Waals surface area contributed by atoms with Gasteiger partial charge in [-0.2, -0.15) is 0 Å². The minimum Gasteiger partial charge on any atom is -0.247 e. The van der Waals surface area contributed by atoms with Crippen LogP contribution in [0.1, 0.15) is 22.3 Å². The Morgan fingerprint density at radius 2 is 0.914 bits per heavy atom. The van der Waals surface area contributed by atoms with Crippen LogP contribution >= 0.6 is 11.8 Å². The predicted octanol–water partition coefficient (Wildman–Crippen LogP) is 13.7. The van der Waals surface area contributed by atoms with Crippen molar-refractivity contribution in [3.63, 3.8) is 0 Å². The Morgan fingerprint density at radius 1 is 0.345 bits per heavy atom. The van der Waals surface area contributed by atoms with Gasteiger partial charge in [0.15, 0.2) is 5.82 Å². The Bertz CT molecular complexity index is 3150. The first-order chi connectivity index (χ1) is 28.7. The summed E-state index contributed by atoms with van der Waals surface area (Å²) in [5, 5.41) is 3.44. The van der Waals surface area contributed by atoms with E-state index in [1.165, 1.54) is 48.6 Å². The zero-order valence-electron chi connectivity index (χ0n) is 31.3. The lowest BCUT2D eigenvalue weighted by molar-refractivity contribution is 0.723. The van der Waals surface area contributed by atoms with Crippen LogP contribution in [0.3, 0.4) is 0 Å². The van der Waals surface area contributed by atoms with E-state index in [0.29, 0.717) is 5.82 Å². The van der Waals surface area contributed by atoms with Crippen LogP contribution in [0.15, 0.2) is 210 Å². The molecule has 2 aromatic heterocycles. The lowest BCUT2D eigenvalue weighted by Crippen LogP contribution is -2.31. The molecule has 0 saturated heterocycles. The lowest BCUT2D eigenvalue weighted by Gasteiger charge is -2.39. The third-order valence-electron chi connectivity index (χ3n) is 11.9. The second-order valence-corrected chi connectivity index (χ2v) is 16.2. The van der Waals surface area contributed by atoms with Crippen molar-refractivity contribution in [2.45, 2.75) is 15.2 Å². The highest BCUT2D eigenvalue weighted by atomic mass is 32.2. The van der Waals surface area contributed by atoms with Crippen molar-refractivity contribution in [2.75, 3.05) is 0 Å². The van der Waals surface area contributed by atoms with Gasteiger partial charge in [-0.05, 0) is 75.2 Å². The summed E-state index contributed by atoms with van der Waals surface area (Å²) in [6.07, 6.45) is 0. The molecular weight excluding hydrogens is 723 g/mol. The van der Waals surface area contributed by atoms with Gasteiger partial charge in [0.2, 0.25) is 0 Å². The Balaban J connectivity index is 1.14.